The zero-order chi connectivity index (χ0) is 19.7. The summed E-state index contributed by atoms with van der Waals surface area (Å²) < 4.78 is 17.8. The minimum atomic E-state index is -1.28. The molecule has 0 bridgehead atoms. The molecule has 2 heterocycles. The second-order valence-electron chi connectivity index (χ2n) is 7.56. The molecule has 2 aromatic rings. The van der Waals surface area contributed by atoms with Gasteiger partial charge < -0.3 is 19.1 Å². The van der Waals surface area contributed by atoms with E-state index in [9.17, 15) is 4.79 Å². The lowest BCUT2D eigenvalue weighted by atomic mass is 9.97. The van der Waals surface area contributed by atoms with Crippen LogP contribution in [0.2, 0.25) is 0 Å². The maximum atomic E-state index is 13.4. The molecular weight excluding hydrogens is 354 g/mol. The number of amides is 1. The summed E-state index contributed by atoms with van der Waals surface area (Å²) in [6.07, 6.45) is 1.53. The van der Waals surface area contributed by atoms with Crippen LogP contribution in [-0.2, 0) is 20.1 Å². The van der Waals surface area contributed by atoms with Gasteiger partial charge in [0.15, 0.2) is 0 Å². The van der Waals surface area contributed by atoms with Gasteiger partial charge in [-0.2, -0.15) is 0 Å². The Hall–Kier alpha value is -2.37. The molecule has 28 heavy (non-hydrogen) atoms. The topological polar surface area (TPSA) is 48.0 Å². The second-order valence-corrected chi connectivity index (χ2v) is 7.56. The van der Waals surface area contributed by atoms with Crippen LogP contribution in [0.3, 0.4) is 0 Å². The number of carbonyl (C=O) groups is 1. The normalized spacial score (nSPS) is 17.8. The van der Waals surface area contributed by atoms with Crippen LogP contribution in [0, 0.1) is 20.8 Å². The molecule has 1 amide bonds. The minimum absolute atomic E-state index is 0.116. The lowest BCUT2D eigenvalue weighted by Crippen LogP contribution is -2.47. The van der Waals surface area contributed by atoms with E-state index in [0.29, 0.717) is 26.4 Å². The van der Waals surface area contributed by atoms with E-state index in [1.807, 2.05) is 49.1 Å². The summed E-state index contributed by atoms with van der Waals surface area (Å²) in [4.78, 5) is 15.2. The molecule has 0 radical (unpaired) electrons. The number of hydrogen-bond donors (Lipinski definition) is 0. The highest BCUT2D eigenvalue weighted by Gasteiger charge is 2.55. The fraction of sp³-hybridized carbons (Fsp3) is 0.435. The fourth-order valence-corrected chi connectivity index (χ4v) is 4.01. The van der Waals surface area contributed by atoms with Gasteiger partial charge in [0.25, 0.3) is 11.7 Å². The van der Waals surface area contributed by atoms with Gasteiger partial charge in [0.05, 0.1) is 25.5 Å². The molecule has 2 aromatic carbocycles. The molecule has 0 saturated carbocycles. The van der Waals surface area contributed by atoms with Crippen LogP contribution in [0.25, 0.3) is 0 Å². The van der Waals surface area contributed by atoms with Crippen LogP contribution in [0.4, 0.5) is 5.69 Å². The molecule has 5 nitrogen and oxygen atoms in total. The number of benzene rings is 2. The SMILES string of the molecule is Cc1ccc(OCCCN2C(=O)C3(OCCCO3)c3c(C)ccc(C)c32)cc1. The van der Waals surface area contributed by atoms with Gasteiger partial charge in [0.2, 0.25) is 0 Å². The third-order valence-electron chi connectivity index (χ3n) is 5.43. The molecule has 2 aliphatic heterocycles. The summed E-state index contributed by atoms with van der Waals surface area (Å²) in [5.74, 6) is -0.544. The number of aryl methyl sites for hydroxylation is 3. The van der Waals surface area contributed by atoms with E-state index in [4.69, 9.17) is 14.2 Å². The van der Waals surface area contributed by atoms with Gasteiger partial charge >= 0.3 is 0 Å². The summed E-state index contributed by atoms with van der Waals surface area (Å²) >= 11 is 0. The Morgan fingerprint density at radius 1 is 1.00 bits per heavy atom. The van der Waals surface area contributed by atoms with Crippen molar-refractivity contribution in [3.63, 3.8) is 0 Å². The molecule has 2 aliphatic rings. The number of nitrogens with zero attached hydrogens (tertiary/aromatic N) is 1. The fourth-order valence-electron chi connectivity index (χ4n) is 4.01. The van der Waals surface area contributed by atoms with Gasteiger partial charge in [-0.3, -0.25) is 4.79 Å². The van der Waals surface area contributed by atoms with Crippen molar-refractivity contribution in [3.05, 3.63) is 58.7 Å². The smallest absolute Gasteiger partial charge is 0.292 e. The van der Waals surface area contributed by atoms with Gasteiger partial charge in [-0.25, -0.2) is 0 Å². The first-order valence-corrected chi connectivity index (χ1v) is 9.93. The molecule has 1 saturated heterocycles. The van der Waals surface area contributed by atoms with E-state index in [0.717, 1.165) is 41.0 Å². The molecule has 0 aliphatic carbocycles. The Morgan fingerprint density at radius 2 is 1.68 bits per heavy atom. The zero-order valence-corrected chi connectivity index (χ0v) is 16.8. The Balaban J connectivity index is 1.52. The molecule has 4 rings (SSSR count). The lowest BCUT2D eigenvalue weighted by Gasteiger charge is -2.33. The Morgan fingerprint density at radius 3 is 2.39 bits per heavy atom. The van der Waals surface area contributed by atoms with E-state index < -0.39 is 5.79 Å². The third kappa shape index (κ3) is 3.19. The van der Waals surface area contributed by atoms with Crippen molar-refractivity contribution in [3.8, 4) is 5.75 Å². The van der Waals surface area contributed by atoms with E-state index >= 15 is 0 Å². The first kappa shape index (κ1) is 19.0. The minimum Gasteiger partial charge on any atom is -0.494 e. The number of hydrogen-bond acceptors (Lipinski definition) is 4. The van der Waals surface area contributed by atoms with Crippen molar-refractivity contribution in [2.45, 2.75) is 39.4 Å². The summed E-state index contributed by atoms with van der Waals surface area (Å²) in [6.45, 7) is 8.27. The quantitative estimate of drug-likeness (QED) is 0.734. The largest absolute Gasteiger partial charge is 0.494 e. The highest BCUT2D eigenvalue weighted by Crippen LogP contribution is 2.48. The summed E-state index contributed by atoms with van der Waals surface area (Å²) in [5.41, 5.74) is 5.09. The summed E-state index contributed by atoms with van der Waals surface area (Å²) in [6, 6.07) is 12.1. The Kier molecular flexibility index (Phi) is 5.13. The van der Waals surface area contributed by atoms with Crippen molar-refractivity contribution in [1.82, 2.24) is 0 Å². The van der Waals surface area contributed by atoms with Gasteiger partial charge in [-0.1, -0.05) is 29.8 Å². The van der Waals surface area contributed by atoms with Crippen LogP contribution in [0.5, 0.6) is 5.75 Å². The second kappa shape index (κ2) is 7.57. The van der Waals surface area contributed by atoms with Crippen molar-refractivity contribution in [2.24, 2.45) is 0 Å². The maximum absolute atomic E-state index is 13.4. The summed E-state index contributed by atoms with van der Waals surface area (Å²) in [7, 11) is 0. The van der Waals surface area contributed by atoms with Gasteiger partial charge in [0.1, 0.15) is 5.75 Å². The van der Waals surface area contributed by atoms with E-state index in [1.165, 1.54) is 5.56 Å². The molecule has 0 atom stereocenters. The average Bonchev–Trinajstić information content (AvgIpc) is 2.94. The van der Waals surface area contributed by atoms with Crippen molar-refractivity contribution in [1.29, 1.82) is 0 Å². The predicted molar refractivity (Wildman–Crippen MR) is 108 cm³/mol. The number of fused-ring (bicyclic) bond motifs is 2. The average molecular weight is 381 g/mol. The van der Waals surface area contributed by atoms with Crippen molar-refractivity contribution < 1.29 is 19.0 Å². The van der Waals surface area contributed by atoms with Crippen LogP contribution >= 0.6 is 0 Å². The molecule has 1 spiro atoms. The van der Waals surface area contributed by atoms with E-state index in [-0.39, 0.29) is 5.91 Å². The summed E-state index contributed by atoms with van der Waals surface area (Å²) in [5, 5.41) is 0. The first-order chi connectivity index (χ1) is 13.5. The zero-order valence-electron chi connectivity index (χ0n) is 16.8. The van der Waals surface area contributed by atoms with Gasteiger partial charge in [0, 0.05) is 12.1 Å². The highest BCUT2D eigenvalue weighted by atomic mass is 16.7. The van der Waals surface area contributed by atoms with Crippen LogP contribution < -0.4 is 9.64 Å². The molecule has 0 aromatic heterocycles. The van der Waals surface area contributed by atoms with Crippen molar-refractivity contribution >= 4 is 11.6 Å². The highest BCUT2D eigenvalue weighted by molar-refractivity contribution is 6.07. The van der Waals surface area contributed by atoms with E-state index in [2.05, 4.69) is 13.0 Å². The Labute approximate surface area is 166 Å². The molecule has 148 valence electrons. The maximum Gasteiger partial charge on any atom is 0.292 e. The van der Waals surface area contributed by atoms with Crippen LogP contribution in [0.1, 0.15) is 35.1 Å². The molecule has 1 fully saturated rings. The molecular formula is C23H27NO4. The van der Waals surface area contributed by atoms with Gasteiger partial charge in [-0.05, 0) is 56.9 Å². The monoisotopic (exact) mass is 381 g/mol. The number of carbonyl (C=O) groups excluding carboxylic acids is 1. The van der Waals surface area contributed by atoms with Crippen LogP contribution in [-0.4, -0.2) is 32.3 Å². The molecule has 5 heteroatoms. The predicted octanol–water partition coefficient (Wildman–Crippen LogP) is 4.02. The first-order valence-electron chi connectivity index (χ1n) is 9.93. The molecule has 0 N–H and O–H groups in total. The van der Waals surface area contributed by atoms with Gasteiger partial charge in [-0.15, -0.1) is 0 Å². The van der Waals surface area contributed by atoms with Crippen molar-refractivity contribution in [2.75, 3.05) is 31.3 Å². The molecule has 0 unspecified atom stereocenters. The Bertz CT molecular complexity index is 869. The van der Waals surface area contributed by atoms with E-state index in [1.54, 1.807) is 0 Å². The van der Waals surface area contributed by atoms with Crippen LogP contribution in [0.15, 0.2) is 36.4 Å². The number of ether oxygens (including phenoxy) is 3. The number of anilines is 1. The standard InChI is InChI=1S/C23H27NO4/c1-16-6-10-19(11-7-16)26-13-4-12-24-21-18(3)9-8-17(2)20(21)23(22(24)25)27-14-5-15-28-23/h6-11H,4-5,12-15H2,1-3H3. The lowest BCUT2D eigenvalue weighted by molar-refractivity contribution is -0.257. The third-order valence-corrected chi connectivity index (χ3v) is 5.43. The number of rotatable bonds is 5.